The molecular formula is C9H15NO. The van der Waals surface area contributed by atoms with E-state index in [1.165, 1.54) is 12.8 Å². The lowest BCUT2D eigenvalue weighted by atomic mass is 9.90. The number of rotatable bonds is 0. The van der Waals surface area contributed by atoms with Crippen molar-refractivity contribution in [2.24, 2.45) is 5.92 Å². The third-order valence-corrected chi connectivity index (χ3v) is 2.40. The van der Waals surface area contributed by atoms with E-state index in [1.807, 2.05) is 0 Å². The molecule has 0 bridgehead atoms. The molecule has 0 saturated heterocycles. The molecule has 1 aliphatic rings. The Bertz CT molecular complexity index is 150. The summed E-state index contributed by atoms with van der Waals surface area (Å²) >= 11 is 0. The van der Waals surface area contributed by atoms with Crippen LogP contribution in [0.15, 0.2) is 0 Å². The van der Waals surface area contributed by atoms with Gasteiger partial charge in [0.25, 0.3) is 0 Å². The lowest BCUT2D eigenvalue weighted by Gasteiger charge is -2.18. The summed E-state index contributed by atoms with van der Waals surface area (Å²) in [5, 5.41) is 18.1. The number of nitriles is 1. The number of nitrogens with zero attached hydrogens (tertiary/aromatic N) is 1. The Balaban J connectivity index is 2.41. The van der Waals surface area contributed by atoms with Crippen molar-refractivity contribution in [2.45, 2.75) is 44.6 Å². The zero-order valence-corrected chi connectivity index (χ0v) is 6.79. The predicted molar refractivity (Wildman–Crippen MR) is 42.8 cm³/mol. The first-order valence-electron chi connectivity index (χ1n) is 4.42. The standard InChI is InChI=1S/C9H15NO/c10-7-8-5-3-1-2-4-6-9(8)11/h8-9,11H,1-6H2. The molecule has 11 heavy (non-hydrogen) atoms. The second kappa shape index (κ2) is 4.35. The fourth-order valence-corrected chi connectivity index (χ4v) is 1.62. The van der Waals surface area contributed by atoms with Gasteiger partial charge in [0, 0.05) is 0 Å². The Kier molecular flexibility index (Phi) is 3.38. The van der Waals surface area contributed by atoms with Gasteiger partial charge in [0.1, 0.15) is 0 Å². The van der Waals surface area contributed by atoms with Crippen LogP contribution in [0.1, 0.15) is 38.5 Å². The Labute approximate surface area is 67.8 Å². The molecule has 0 aliphatic heterocycles. The molecule has 1 aliphatic carbocycles. The van der Waals surface area contributed by atoms with Crippen LogP contribution in [-0.4, -0.2) is 11.2 Å². The van der Waals surface area contributed by atoms with Crippen LogP contribution < -0.4 is 0 Å². The second-order valence-electron chi connectivity index (χ2n) is 3.29. The summed E-state index contributed by atoms with van der Waals surface area (Å²) in [6, 6.07) is 2.17. The zero-order chi connectivity index (χ0) is 8.10. The third kappa shape index (κ3) is 2.51. The maximum absolute atomic E-state index is 9.45. The molecule has 0 radical (unpaired) electrons. The molecule has 0 spiro atoms. The normalized spacial score (nSPS) is 33.5. The minimum atomic E-state index is -0.361. The van der Waals surface area contributed by atoms with Crippen LogP contribution in [0.25, 0.3) is 0 Å². The van der Waals surface area contributed by atoms with Gasteiger partial charge in [-0.25, -0.2) is 0 Å². The van der Waals surface area contributed by atoms with Crippen molar-refractivity contribution in [3.05, 3.63) is 0 Å². The van der Waals surface area contributed by atoms with E-state index < -0.39 is 0 Å². The first kappa shape index (κ1) is 8.55. The highest BCUT2D eigenvalue weighted by Gasteiger charge is 2.19. The molecular weight excluding hydrogens is 138 g/mol. The molecule has 2 unspecified atom stereocenters. The van der Waals surface area contributed by atoms with Crippen LogP contribution in [0, 0.1) is 17.2 Å². The van der Waals surface area contributed by atoms with Gasteiger partial charge in [-0.1, -0.05) is 25.7 Å². The molecule has 2 atom stereocenters. The summed E-state index contributed by atoms with van der Waals surface area (Å²) < 4.78 is 0. The number of aliphatic hydroxyl groups is 1. The summed E-state index contributed by atoms with van der Waals surface area (Å²) in [5.41, 5.74) is 0. The van der Waals surface area contributed by atoms with Crippen molar-refractivity contribution >= 4 is 0 Å². The van der Waals surface area contributed by atoms with E-state index in [9.17, 15) is 5.11 Å². The molecule has 0 aromatic carbocycles. The highest BCUT2D eigenvalue weighted by atomic mass is 16.3. The van der Waals surface area contributed by atoms with Crippen molar-refractivity contribution < 1.29 is 5.11 Å². The van der Waals surface area contributed by atoms with E-state index in [1.54, 1.807) is 0 Å². The SMILES string of the molecule is N#CC1CCCCCCC1O. The first-order chi connectivity index (χ1) is 5.34. The van der Waals surface area contributed by atoms with E-state index in [2.05, 4.69) is 6.07 Å². The van der Waals surface area contributed by atoms with Crippen LogP contribution in [0.2, 0.25) is 0 Å². The van der Waals surface area contributed by atoms with Crippen molar-refractivity contribution in [1.82, 2.24) is 0 Å². The number of hydrogen-bond donors (Lipinski definition) is 1. The molecule has 0 aromatic heterocycles. The van der Waals surface area contributed by atoms with E-state index in [0.717, 1.165) is 25.7 Å². The van der Waals surface area contributed by atoms with Gasteiger partial charge in [-0.15, -0.1) is 0 Å². The topological polar surface area (TPSA) is 44.0 Å². The summed E-state index contributed by atoms with van der Waals surface area (Å²) in [5.74, 6) is -0.102. The van der Waals surface area contributed by atoms with Crippen LogP contribution in [0.5, 0.6) is 0 Å². The fourth-order valence-electron chi connectivity index (χ4n) is 1.62. The van der Waals surface area contributed by atoms with Crippen LogP contribution in [0.3, 0.4) is 0 Å². The van der Waals surface area contributed by atoms with Crippen molar-refractivity contribution in [2.75, 3.05) is 0 Å². The summed E-state index contributed by atoms with van der Waals surface area (Å²) in [6.07, 6.45) is 5.98. The average Bonchev–Trinajstić information content (AvgIpc) is 1.98. The second-order valence-corrected chi connectivity index (χ2v) is 3.29. The molecule has 2 nitrogen and oxygen atoms in total. The quantitative estimate of drug-likeness (QED) is 0.577. The smallest absolute Gasteiger partial charge is 0.0722 e. The van der Waals surface area contributed by atoms with Gasteiger partial charge in [-0.05, 0) is 12.8 Å². The van der Waals surface area contributed by atoms with Gasteiger partial charge < -0.3 is 5.11 Å². The van der Waals surface area contributed by atoms with Gasteiger partial charge in [0.2, 0.25) is 0 Å². The van der Waals surface area contributed by atoms with Gasteiger partial charge in [-0.2, -0.15) is 5.26 Å². The molecule has 1 rings (SSSR count). The highest BCUT2D eigenvalue weighted by molar-refractivity contribution is 4.88. The molecule has 62 valence electrons. The van der Waals surface area contributed by atoms with Crippen molar-refractivity contribution in [3.8, 4) is 6.07 Å². The van der Waals surface area contributed by atoms with Gasteiger partial charge in [0.15, 0.2) is 0 Å². The Hall–Kier alpha value is -0.550. The van der Waals surface area contributed by atoms with E-state index in [4.69, 9.17) is 5.26 Å². The number of hydrogen-bond acceptors (Lipinski definition) is 2. The van der Waals surface area contributed by atoms with Crippen LogP contribution in [0.4, 0.5) is 0 Å². The third-order valence-electron chi connectivity index (χ3n) is 2.40. The van der Waals surface area contributed by atoms with E-state index in [0.29, 0.717) is 0 Å². The highest BCUT2D eigenvalue weighted by Crippen LogP contribution is 2.21. The molecule has 1 N–H and O–H groups in total. The summed E-state index contributed by atoms with van der Waals surface area (Å²) in [6.45, 7) is 0. The number of aliphatic hydroxyl groups excluding tert-OH is 1. The fraction of sp³-hybridized carbons (Fsp3) is 0.889. The maximum atomic E-state index is 9.45. The Morgan fingerprint density at radius 3 is 2.36 bits per heavy atom. The minimum Gasteiger partial charge on any atom is -0.392 e. The Morgan fingerprint density at radius 1 is 1.09 bits per heavy atom. The van der Waals surface area contributed by atoms with Gasteiger partial charge in [-0.3, -0.25) is 0 Å². The van der Waals surface area contributed by atoms with E-state index in [-0.39, 0.29) is 12.0 Å². The van der Waals surface area contributed by atoms with Crippen LogP contribution in [-0.2, 0) is 0 Å². The van der Waals surface area contributed by atoms with Crippen molar-refractivity contribution in [1.29, 1.82) is 5.26 Å². The minimum absolute atomic E-state index is 0.102. The lowest BCUT2D eigenvalue weighted by molar-refractivity contribution is 0.109. The molecule has 1 saturated carbocycles. The van der Waals surface area contributed by atoms with E-state index >= 15 is 0 Å². The first-order valence-corrected chi connectivity index (χ1v) is 4.42. The molecule has 0 heterocycles. The largest absolute Gasteiger partial charge is 0.392 e. The summed E-state index contributed by atoms with van der Waals surface area (Å²) in [4.78, 5) is 0. The zero-order valence-electron chi connectivity index (χ0n) is 6.79. The summed E-state index contributed by atoms with van der Waals surface area (Å²) in [7, 11) is 0. The molecule has 1 fully saturated rings. The molecule has 0 aromatic rings. The predicted octanol–water partition coefficient (Wildman–Crippen LogP) is 1.84. The van der Waals surface area contributed by atoms with Crippen molar-refractivity contribution in [3.63, 3.8) is 0 Å². The van der Waals surface area contributed by atoms with Gasteiger partial charge in [0.05, 0.1) is 18.1 Å². The van der Waals surface area contributed by atoms with Gasteiger partial charge >= 0.3 is 0 Å². The Morgan fingerprint density at radius 2 is 1.73 bits per heavy atom. The van der Waals surface area contributed by atoms with Crippen LogP contribution >= 0.6 is 0 Å². The molecule has 2 heteroatoms. The maximum Gasteiger partial charge on any atom is 0.0722 e. The molecule has 0 amide bonds. The monoisotopic (exact) mass is 153 g/mol. The lowest BCUT2D eigenvalue weighted by Crippen LogP contribution is -2.20. The average molecular weight is 153 g/mol.